The molecule has 2 saturated heterocycles. The van der Waals surface area contributed by atoms with Crippen LogP contribution < -0.4 is 10.6 Å². The highest BCUT2D eigenvalue weighted by Crippen LogP contribution is 2.48. The standard InChI is InChI=1S/C53H64F2N4O5/c1-33-41(15-9-17-47(33)54)49-43(51(62)35-11-7-13-39(60)27-35)29-58(25-5-3-23-56-37-19-20-37)31-45(49)53(64)46-32-59(26-6-4-24-57-38-21-22-38)30-44(52(63)36-12-8-14-40(61)28-36)50(46)42-16-10-18-48(55)34(42)2/h7-18,27-28,37-38,43-46,49-50,56-57,60-61H,3-6,19-26,29-32H2,1-2H3/t43-,44?,45+,46?,49-,50?/m0/s1. The summed E-state index contributed by atoms with van der Waals surface area (Å²) < 4.78 is 31.5. The van der Waals surface area contributed by atoms with E-state index in [1.165, 1.54) is 62.1 Å². The quantitative estimate of drug-likeness (QED) is 0.0513. The SMILES string of the molecule is Cc1c(F)cccc1C1C(C(=O)c2cccc(O)c2)CN(CCCCNC2CC2)CC1C(=O)[C@@H]1CN(CCCCNC2CC2)C[C@H](C(=O)c2cccc(O)c2)[C@@H]1c1cccc(F)c1C. The molecule has 4 aromatic rings. The summed E-state index contributed by atoms with van der Waals surface area (Å²) in [6, 6.07) is 23.5. The largest absolute Gasteiger partial charge is 0.508 e. The van der Waals surface area contributed by atoms with Crippen LogP contribution in [0.15, 0.2) is 84.9 Å². The van der Waals surface area contributed by atoms with Gasteiger partial charge in [-0.3, -0.25) is 14.4 Å². The molecule has 11 heteroatoms. The Morgan fingerprint density at radius 2 is 0.953 bits per heavy atom. The smallest absolute Gasteiger partial charge is 0.167 e. The van der Waals surface area contributed by atoms with Gasteiger partial charge in [-0.1, -0.05) is 48.5 Å². The lowest BCUT2D eigenvalue weighted by Crippen LogP contribution is -2.56. The van der Waals surface area contributed by atoms with Gasteiger partial charge in [-0.15, -0.1) is 0 Å². The van der Waals surface area contributed by atoms with Crippen molar-refractivity contribution in [2.24, 2.45) is 23.7 Å². The first kappa shape index (κ1) is 45.7. The molecule has 2 aliphatic carbocycles. The minimum Gasteiger partial charge on any atom is -0.508 e. The number of nitrogens with zero attached hydrogens (tertiary/aromatic N) is 2. The number of hydrogen-bond donors (Lipinski definition) is 4. The number of nitrogens with one attached hydrogen (secondary N) is 2. The Balaban J connectivity index is 1.22. The molecule has 2 aliphatic heterocycles. The second-order valence-corrected chi connectivity index (χ2v) is 19.0. The maximum Gasteiger partial charge on any atom is 0.167 e. The summed E-state index contributed by atoms with van der Waals surface area (Å²) in [5, 5.41) is 28.2. The molecule has 6 atom stereocenters. The van der Waals surface area contributed by atoms with Crippen LogP contribution in [0.1, 0.15) is 106 Å². The molecule has 64 heavy (non-hydrogen) atoms. The molecule has 4 N–H and O–H groups in total. The summed E-state index contributed by atoms with van der Waals surface area (Å²) in [4.78, 5) is 50.6. The van der Waals surface area contributed by atoms with Crippen molar-refractivity contribution in [1.82, 2.24) is 20.4 Å². The van der Waals surface area contributed by atoms with Gasteiger partial charge in [0.1, 0.15) is 28.9 Å². The Morgan fingerprint density at radius 3 is 1.34 bits per heavy atom. The highest BCUT2D eigenvalue weighted by molar-refractivity contribution is 6.01. The molecular formula is C53H64F2N4O5. The van der Waals surface area contributed by atoms with Gasteiger partial charge >= 0.3 is 0 Å². The number of likely N-dealkylation sites (tertiary alicyclic amines) is 2. The van der Waals surface area contributed by atoms with Crippen molar-refractivity contribution in [3.63, 3.8) is 0 Å². The van der Waals surface area contributed by atoms with Crippen LogP contribution in [-0.2, 0) is 4.79 Å². The van der Waals surface area contributed by atoms with E-state index >= 15 is 13.6 Å². The van der Waals surface area contributed by atoms with Gasteiger partial charge < -0.3 is 30.6 Å². The van der Waals surface area contributed by atoms with Crippen molar-refractivity contribution in [3.8, 4) is 11.5 Å². The number of carbonyl (C=O) groups excluding carboxylic acids is 3. The normalized spacial score (nSPS) is 24.1. The van der Waals surface area contributed by atoms with Crippen molar-refractivity contribution < 1.29 is 33.4 Å². The van der Waals surface area contributed by atoms with Crippen molar-refractivity contribution in [2.45, 2.75) is 89.1 Å². The number of piperidine rings is 2. The summed E-state index contributed by atoms with van der Waals surface area (Å²) in [6.07, 6.45) is 8.33. The predicted octanol–water partition coefficient (Wildman–Crippen LogP) is 8.36. The fraction of sp³-hybridized carbons (Fsp3) is 0.491. The Bertz CT molecular complexity index is 2140. The van der Waals surface area contributed by atoms with E-state index in [0.29, 0.717) is 84.7 Å². The first-order valence-corrected chi connectivity index (χ1v) is 23.6. The molecule has 8 rings (SSSR count). The van der Waals surface area contributed by atoms with Crippen LogP contribution in [0.4, 0.5) is 8.78 Å². The van der Waals surface area contributed by atoms with Gasteiger partial charge in [-0.25, -0.2) is 8.78 Å². The van der Waals surface area contributed by atoms with E-state index in [-0.39, 0.29) is 28.8 Å². The third-order valence-electron chi connectivity index (χ3n) is 14.4. The van der Waals surface area contributed by atoms with Crippen LogP contribution >= 0.6 is 0 Å². The van der Waals surface area contributed by atoms with E-state index in [9.17, 15) is 19.8 Å². The van der Waals surface area contributed by atoms with Crippen molar-refractivity contribution >= 4 is 17.3 Å². The third kappa shape index (κ3) is 10.8. The number of Topliss-reactive ketones (excluding diaryl/α,β-unsaturated/α-hetero) is 3. The minimum absolute atomic E-state index is 0.0471. The molecule has 2 saturated carbocycles. The second-order valence-electron chi connectivity index (χ2n) is 19.0. The number of phenolic OH excluding ortho intramolecular Hbond substituents is 2. The Morgan fingerprint density at radius 1 is 0.562 bits per heavy atom. The molecule has 4 aromatic carbocycles. The lowest BCUT2D eigenvalue weighted by atomic mass is 9.62. The van der Waals surface area contributed by atoms with E-state index in [1.54, 1.807) is 50.2 Å². The monoisotopic (exact) mass is 874 g/mol. The summed E-state index contributed by atoms with van der Waals surface area (Å²) in [5.74, 6) is -6.16. The summed E-state index contributed by atoms with van der Waals surface area (Å²) >= 11 is 0. The fourth-order valence-electron chi connectivity index (χ4n) is 10.6. The number of halogens is 2. The Hall–Kier alpha value is -4.81. The Labute approximate surface area is 376 Å². The van der Waals surface area contributed by atoms with Crippen molar-refractivity contribution in [1.29, 1.82) is 0 Å². The zero-order valence-corrected chi connectivity index (χ0v) is 37.3. The molecule has 3 unspecified atom stereocenters. The summed E-state index contributed by atoms with van der Waals surface area (Å²) in [5.41, 5.74) is 2.56. The molecule has 0 aromatic heterocycles. The van der Waals surface area contributed by atoms with Gasteiger partial charge in [-0.05, 0) is 150 Å². The molecule has 4 fully saturated rings. The number of aromatic hydroxyl groups is 2. The first-order valence-electron chi connectivity index (χ1n) is 23.6. The van der Waals surface area contributed by atoms with Crippen LogP contribution in [0.25, 0.3) is 0 Å². The minimum atomic E-state index is -0.800. The van der Waals surface area contributed by atoms with E-state index in [0.717, 1.165) is 38.8 Å². The third-order valence-corrected chi connectivity index (χ3v) is 14.4. The molecule has 0 radical (unpaired) electrons. The van der Waals surface area contributed by atoms with Gasteiger partial charge in [0.25, 0.3) is 0 Å². The zero-order chi connectivity index (χ0) is 44.9. The average Bonchev–Trinajstić information content (AvgIpc) is 4.24. The van der Waals surface area contributed by atoms with E-state index in [1.807, 2.05) is 12.1 Å². The van der Waals surface area contributed by atoms with Gasteiger partial charge in [0.05, 0.1) is 0 Å². The highest BCUT2D eigenvalue weighted by atomic mass is 19.1. The molecule has 0 bridgehead atoms. The molecule has 0 amide bonds. The zero-order valence-electron chi connectivity index (χ0n) is 37.3. The second kappa shape index (κ2) is 20.6. The molecule has 9 nitrogen and oxygen atoms in total. The number of ketones is 3. The molecule has 2 heterocycles. The molecule has 4 aliphatic rings. The molecule has 340 valence electrons. The highest BCUT2D eigenvalue weighted by Gasteiger charge is 2.51. The summed E-state index contributed by atoms with van der Waals surface area (Å²) in [6.45, 7) is 7.78. The van der Waals surface area contributed by atoms with Crippen LogP contribution in [0.2, 0.25) is 0 Å². The van der Waals surface area contributed by atoms with Crippen LogP contribution in [0, 0.1) is 49.2 Å². The average molecular weight is 875 g/mol. The number of rotatable bonds is 20. The van der Waals surface area contributed by atoms with Crippen LogP contribution in [-0.4, -0.2) is 102 Å². The van der Waals surface area contributed by atoms with E-state index in [2.05, 4.69) is 20.4 Å². The topological polar surface area (TPSA) is 122 Å². The molecular weight excluding hydrogens is 811 g/mol. The molecule has 0 spiro atoms. The first-order chi connectivity index (χ1) is 31.0. The predicted molar refractivity (Wildman–Crippen MR) is 245 cm³/mol. The van der Waals surface area contributed by atoms with E-state index in [4.69, 9.17) is 0 Å². The fourth-order valence-corrected chi connectivity index (χ4v) is 10.6. The Kier molecular flexibility index (Phi) is 14.7. The van der Waals surface area contributed by atoms with Crippen LogP contribution in [0.3, 0.4) is 0 Å². The number of hydrogen-bond acceptors (Lipinski definition) is 9. The van der Waals surface area contributed by atoms with Gasteiger partial charge in [0, 0.05) is 84.9 Å². The van der Waals surface area contributed by atoms with Gasteiger partial charge in [0.2, 0.25) is 0 Å². The lowest BCUT2D eigenvalue weighted by Gasteiger charge is -2.48. The maximum absolute atomic E-state index is 16.3. The lowest BCUT2D eigenvalue weighted by molar-refractivity contribution is -0.133. The number of benzene rings is 4. The number of unbranched alkanes of at least 4 members (excludes halogenated alkanes) is 2. The van der Waals surface area contributed by atoms with Gasteiger partial charge in [0.15, 0.2) is 11.6 Å². The number of carbonyl (C=O) groups is 3. The van der Waals surface area contributed by atoms with Crippen molar-refractivity contribution in [2.75, 3.05) is 52.4 Å². The van der Waals surface area contributed by atoms with Crippen LogP contribution in [0.5, 0.6) is 11.5 Å². The van der Waals surface area contributed by atoms with Crippen molar-refractivity contribution in [3.05, 3.63) is 130 Å². The van der Waals surface area contributed by atoms with E-state index < -0.39 is 47.1 Å². The maximum atomic E-state index is 16.3. The summed E-state index contributed by atoms with van der Waals surface area (Å²) in [7, 11) is 0. The van der Waals surface area contributed by atoms with Gasteiger partial charge in [-0.2, -0.15) is 0 Å². The number of phenols is 2.